The van der Waals surface area contributed by atoms with Gasteiger partial charge in [0.15, 0.2) is 0 Å². The quantitative estimate of drug-likeness (QED) is 0.649. The molecule has 0 aliphatic rings. The lowest BCUT2D eigenvalue weighted by Gasteiger charge is -2.07. The van der Waals surface area contributed by atoms with Gasteiger partial charge >= 0.3 is 0 Å². The van der Waals surface area contributed by atoms with Gasteiger partial charge in [-0.15, -0.1) is 0 Å². The maximum Gasteiger partial charge on any atom is 0.252 e. The minimum absolute atomic E-state index is 0.196. The van der Waals surface area contributed by atoms with Crippen LogP contribution in [0, 0.1) is 0 Å². The molecule has 22 heavy (non-hydrogen) atoms. The lowest BCUT2D eigenvalue weighted by atomic mass is 10.1. The Balaban J connectivity index is 2.07. The van der Waals surface area contributed by atoms with E-state index in [2.05, 4.69) is 15.3 Å². The first-order valence-electron chi connectivity index (χ1n) is 7.33. The summed E-state index contributed by atoms with van der Waals surface area (Å²) in [4.78, 5) is 18.8. The van der Waals surface area contributed by atoms with E-state index in [9.17, 15) is 4.79 Å². The summed E-state index contributed by atoms with van der Waals surface area (Å²) in [6, 6.07) is 8.87. The first-order valence-corrected chi connectivity index (χ1v) is 7.33. The number of hydrogen-bond acceptors (Lipinski definition) is 5. The van der Waals surface area contributed by atoms with E-state index in [1.807, 2.05) is 24.3 Å². The molecule has 0 fully saturated rings. The van der Waals surface area contributed by atoms with E-state index in [0.29, 0.717) is 18.2 Å². The Kier molecular flexibility index (Phi) is 5.97. The van der Waals surface area contributed by atoms with E-state index in [-0.39, 0.29) is 12.2 Å². The Morgan fingerprint density at radius 3 is 2.68 bits per heavy atom. The molecule has 0 atom stereocenters. The van der Waals surface area contributed by atoms with Crippen molar-refractivity contribution in [2.24, 2.45) is 0 Å². The van der Waals surface area contributed by atoms with E-state index < -0.39 is 0 Å². The van der Waals surface area contributed by atoms with Crippen molar-refractivity contribution in [1.29, 1.82) is 0 Å². The molecular weight excluding hydrogens is 282 g/mol. The minimum atomic E-state index is -0.196. The summed E-state index contributed by atoms with van der Waals surface area (Å²) in [6.07, 6.45) is 2.64. The molecule has 6 nitrogen and oxygen atoms in total. The average molecular weight is 303 g/mol. The molecule has 0 aliphatic carbocycles. The minimum Gasteiger partial charge on any atom is -0.497 e. The lowest BCUT2D eigenvalue weighted by molar-refractivity contribution is 0.283. The second-order valence-corrected chi connectivity index (χ2v) is 4.92. The molecule has 0 saturated carbocycles. The number of methoxy groups -OCH3 is 1. The molecule has 0 bridgehead atoms. The van der Waals surface area contributed by atoms with Crippen LogP contribution in [0.5, 0.6) is 5.75 Å². The largest absolute Gasteiger partial charge is 0.497 e. The smallest absolute Gasteiger partial charge is 0.252 e. The Labute approximate surface area is 129 Å². The molecule has 1 heterocycles. The van der Waals surface area contributed by atoms with Gasteiger partial charge in [-0.25, -0.2) is 4.98 Å². The summed E-state index contributed by atoms with van der Waals surface area (Å²) < 4.78 is 5.12. The first-order chi connectivity index (χ1) is 10.7. The van der Waals surface area contributed by atoms with Gasteiger partial charge in [0, 0.05) is 24.8 Å². The van der Waals surface area contributed by atoms with Gasteiger partial charge in [0.25, 0.3) is 5.56 Å². The number of ether oxygens (including phenoxy) is 1. The van der Waals surface area contributed by atoms with Crippen molar-refractivity contribution >= 4 is 5.95 Å². The molecule has 2 rings (SSSR count). The Hall–Kier alpha value is -2.34. The topological polar surface area (TPSA) is 87.2 Å². The van der Waals surface area contributed by atoms with E-state index in [1.54, 1.807) is 7.11 Å². The molecule has 1 aromatic carbocycles. The van der Waals surface area contributed by atoms with Crippen molar-refractivity contribution in [3.05, 3.63) is 40.7 Å². The molecule has 0 aliphatic heterocycles. The third-order valence-corrected chi connectivity index (χ3v) is 3.25. The van der Waals surface area contributed by atoms with Crippen molar-refractivity contribution in [2.75, 3.05) is 25.6 Å². The van der Waals surface area contributed by atoms with E-state index in [0.717, 1.165) is 30.6 Å². The SMILES string of the molecule is COc1ccc(-c2cc(=O)[nH]c(NCCCCCO)n2)cc1. The van der Waals surface area contributed by atoms with Crippen LogP contribution in [0.3, 0.4) is 0 Å². The number of nitrogens with zero attached hydrogens (tertiary/aromatic N) is 1. The maximum atomic E-state index is 11.7. The summed E-state index contributed by atoms with van der Waals surface area (Å²) >= 11 is 0. The zero-order valence-corrected chi connectivity index (χ0v) is 12.6. The fourth-order valence-corrected chi connectivity index (χ4v) is 2.07. The molecule has 0 spiro atoms. The molecule has 0 amide bonds. The van der Waals surface area contributed by atoms with Crippen LogP contribution in [0.4, 0.5) is 5.95 Å². The van der Waals surface area contributed by atoms with Crippen LogP contribution in [0.2, 0.25) is 0 Å². The van der Waals surface area contributed by atoms with Crippen LogP contribution in [0.15, 0.2) is 35.1 Å². The maximum absolute atomic E-state index is 11.7. The molecular formula is C16H21N3O3. The summed E-state index contributed by atoms with van der Waals surface area (Å²) in [5.74, 6) is 1.22. The highest BCUT2D eigenvalue weighted by Gasteiger charge is 2.04. The Bertz CT molecular complexity index is 638. The molecule has 6 heteroatoms. The number of rotatable bonds is 8. The fourth-order valence-electron chi connectivity index (χ4n) is 2.07. The molecule has 3 N–H and O–H groups in total. The fraction of sp³-hybridized carbons (Fsp3) is 0.375. The predicted octanol–water partition coefficient (Wildman–Crippen LogP) is 2.02. The second kappa shape index (κ2) is 8.19. The van der Waals surface area contributed by atoms with Gasteiger partial charge in [-0.3, -0.25) is 9.78 Å². The summed E-state index contributed by atoms with van der Waals surface area (Å²) in [5, 5.41) is 11.8. The third kappa shape index (κ3) is 4.60. The van der Waals surface area contributed by atoms with Crippen molar-refractivity contribution in [1.82, 2.24) is 9.97 Å². The van der Waals surface area contributed by atoms with Gasteiger partial charge in [0.1, 0.15) is 5.75 Å². The molecule has 0 saturated heterocycles. The number of aliphatic hydroxyl groups excluding tert-OH is 1. The van der Waals surface area contributed by atoms with Crippen LogP contribution >= 0.6 is 0 Å². The Morgan fingerprint density at radius 1 is 1.23 bits per heavy atom. The number of nitrogens with one attached hydrogen (secondary N) is 2. The van der Waals surface area contributed by atoms with Gasteiger partial charge in [-0.2, -0.15) is 0 Å². The number of anilines is 1. The van der Waals surface area contributed by atoms with Gasteiger partial charge in [0.05, 0.1) is 12.8 Å². The Morgan fingerprint density at radius 2 is 2.00 bits per heavy atom. The predicted molar refractivity (Wildman–Crippen MR) is 86.3 cm³/mol. The summed E-state index contributed by atoms with van der Waals surface area (Å²) in [6.45, 7) is 0.914. The van der Waals surface area contributed by atoms with Crippen LogP contribution in [-0.2, 0) is 0 Å². The average Bonchev–Trinajstić information content (AvgIpc) is 2.54. The number of aromatic nitrogens is 2. The van der Waals surface area contributed by atoms with Crippen LogP contribution in [-0.4, -0.2) is 35.3 Å². The normalized spacial score (nSPS) is 10.5. The molecule has 0 unspecified atom stereocenters. The van der Waals surface area contributed by atoms with E-state index in [4.69, 9.17) is 9.84 Å². The molecule has 1 aromatic heterocycles. The van der Waals surface area contributed by atoms with Crippen molar-refractivity contribution in [3.8, 4) is 17.0 Å². The highest BCUT2D eigenvalue weighted by Crippen LogP contribution is 2.20. The second-order valence-electron chi connectivity index (χ2n) is 4.92. The van der Waals surface area contributed by atoms with Gasteiger partial charge < -0.3 is 15.2 Å². The molecule has 118 valence electrons. The monoisotopic (exact) mass is 303 g/mol. The number of unbranched alkanes of at least 4 members (excludes halogenated alkanes) is 2. The number of hydrogen-bond donors (Lipinski definition) is 3. The van der Waals surface area contributed by atoms with Gasteiger partial charge in [0.2, 0.25) is 5.95 Å². The summed E-state index contributed by atoms with van der Waals surface area (Å²) in [5.41, 5.74) is 1.28. The first kappa shape index (κ1) is 16.0. The molecule has 0 radical (unpaired) electrons. The lowest BCUT2D eigenvalue weighted by Crippen LogP contribution is -2.13. The van der Waals surface area contributed by atoms with Crippen molar-refractivity contribution in [3.63, 3.8) is 0 Å². The third-order valence-electron chi connectivity index (χ3n) is 3.25. The number of aliphatic hydroxyl groups is 1. The van der Waals surface area contributed by atoms with E-state index in [1.165, 1.54) is 6.07 Å². The van der Waals surface area contributed by atoms with Gasteiger partial charge in [-0.1, -0.05) is 0 Å². The number of benzene rings is 1. The highest BCUT2D eigenvalue weighted by atomic mass is 16.5. The number of aromatic amines is 1. The summed E-state index contributed by atoms with van der Waals surface area (Å²) in [7, 11) is 1.61. The van der Waals surface area contributed by atoms with E-state index >= 15 is 0 Å². The molecule has 2 aromatic rings. The van der Waals surface area contributed by atoms with Crippen LogP contribution in [0.1, 0.15) is 19.3 Å². The van der Waals surface area contributed by atoms with Crippen LogP contribution < -0.4 is 15.6 Å². The standard InChI is InChI=1S/C16H21N3O3/c1-22-13-7-5-12(6-8-13)14-11-15(21)19-16(18-14)17-9-3-2-4-10-20/h5-8,11,20H,2-4,9-10H2,1H3,(H2,17,18,19,21). The number of H-pyrrole nitrogens is 1. The van der Waals surface area contributed by atoms with Gasteiger partial charge in [-0.05, 0) is 43.5 Å². The van der Waals surface area contributed by atoms with Crippen LogP contribution in [0.25, 0.3) is 11.3 Å². The highest BCUT2D eigenvalue weighted by molar-refractivity contribution is 5.60. The zero-order valence-electron chi connectivity index (χ0n) is 12.6. The van der Waals surface area contributed by atoms with Crippen molar-refractivity contribution in [2.45, 2.75) is 19.3 Å². The van der Waals surface area contributed by atoms with Crippen molar-refractivity contribution < 1.29 is 9.84 Å². The zero-order chi connectivity index (χ0) is 15.8.